The highest BCUT2D eigenvalue weighted by atomic mass is 32.2. The molecule has 0 saturated carbocycles. The van der Waals surface area contributed by atoms with Gasteiger partial charge in [0.25, 0.3) is 11.1 Å². The lowest BCUT2D eigenvalue weighted by atomic mass is 10.1. The molecule has 1 fully saturated rings. The topological polar surface area (TPSA) is 46.6 Å². The van der Waals surface area contributed by atoms with Gasteiger partial charge in [0.1, 0.15) is 5.75 Å². The summed E-state index contributed by atoms with van der Waals surface area (Å²) in [5.41, 5.74) is 0.251. The first-order chi connectivity index (χ1) is 12.7. The monoisotopic (exact) mass is 393 g/mol. The Labute approximate surface area is 157 Å². The Kier molecular flexibility index (Phi) is 5.01. The van der Waals surface area contributed by atoms with Crippen molar-refractivity contribution in [1.82, 2.24) is 0 Å². The fourth-order valence-corrected chi connectivity index (χ4v) is 3.52. The van der Waals surface area contributed by atoms with Crippen molar-refractivity contribution in [2.45, 2.75) is 13.1 Å². The van der Waals surface area contributed by atoms with Gasteiger partial charge in [0.2, 0.25) is 0 Å². The van der Waals surface area contributed by atoms with Crippen LogP contribution in [0.15, 0.2) is 53.4 Å². The molecular weight excluding hydrogens is 379 g/mol. The van der Waals surface area contributed by atoms with Crippen molar-refractivity contribution < 1.29 is 27.5 Å². The van der Waals surface area contributed by atoms with Gasteiger partial charge in [0.05, 0.1) is 23.3 Å². The highest BCUT2D eigenvalue weighted by Crippen LogP contribution is 2.40. The van der Waals surface area contributed by atoms with Crippen LogP contribution in [-0.2, 0) is 11.0 Å². The number of hydrogen-bond acceptors (Lipinski definition) is 4. The molecule has 0 unspecified atom stereocenters. The highest BCUT2D eigenvalue weighted by molar-refractivity contribution is 8.19. The Balaban J connectivity index is 1.97. The van der Waals surface area contributed by atoms with E-state index in [0.29, 0.717) is 28.6 Å². The summed E-state index contributed by atoms with van der Waals surface area (Å²) < 4.78 is 43.9. The minimum Gasteiger partial charge on any atom is -0.497 e. The predicted molar refractivity (Wildman–Crippen MR) is 97.5 cm³/mol. The first-order valence-corrected chi connectivity index (χ1v) is 8.63. The molecule has 1 aliphatic rings. The molecule has 2 aromatic rings. The van der Waals surface area contributed by atoms with Crippen molar-refractivity contribution in [2.75, 3.05) is 12.0 Å². The van der Waals surface area contributed by atoms with Crippen molar-refractivity contribution in [1.29, 1.82) is 0 Å². The molecule has 0 N–H and O–H groups in total. The van der Waals surface area contributed by atoms with E-state index in [0.717, 1.165) is 17.0 Å². The van der Waals surface area contributed by atoms with E-state index in [4.69, 9.17) is 4.74 Å². The Morgan fingerprint density at radius 2 is 1.74 bits per heavy atom. The maximum absolute atomic E-state index is 12.9. The third-order valence-electron chi connectivity index (χ3n) is 4.06. The number of halogens is 3. The van der Waals surface area contributed by atoms with Crippen LogP contribution in [0.4, 0.5) is 23.7 Å². The van der Waals surface area contributed by atoms with Crippen LogP contribution >= 0.6 is 11.8 Å². The zero-order valence-electron chi connectivity index (χ0n) is 14.3. The number of anilines is 1. The number of rotatable bonds is 3. The fourth-order valence-electron chi connectivity index (χ4n) is 2.61. The number of amides is 2. The molecule has 2 aromatic carbocycles. The van der Waals surface area contributed by atoms with Gasteiger partial charge in [-0.15, -0.1) is 0 Å². The van der Waals surface area contributed by atoms with Crippen LogP contribution in [0.2, 0.25) is 0 Å². The normalized spacial score (nSPS) is 16.7. The number of benzene rings is 2. The third-order valence-corrected chi connectivity index (χ3v) is 5.11. The lowest BCUT2D eigenvalue weighted by molar-refractivity contribution is -0.137. The molecular formula is C19H14F3NO3S. The first kappa shape index (κ1) is 19.0. The molecule has 0 bridgehead atoms. The molecule has 0 atom stereocenters. The van der Waals surface area contributed by atoms with Crippen LogP contribution in [-0.4, -0.2) is 18.3 Å². The summed E-state index contributed by atoms with van der Waals surface area (Å²) in [6, 6.07) is 11.1. The largest absolute Gasteiger partial charge is 0.497 e. The van der Waals surface area contributed by atoms with Crippen LogP contribution in [0.25, 0.3) is 5.57 Å². The summed E-state index contributed by atoms with van der Waals surface area (Å²) in [5, 5.41) is -0.637. The van der Waals surface area contributed by atoms with E-state index < -0.39 is 22.9 Å². The quantitative estimate of drug-likeness (QED) is 0.660. The van der Waals surface area contributed by atoms with Crippen molar-refractivity contribution in [2.24, 2.45) is 0 Å². The zero-order valence-corrected chi connectivity index (χ0v) is 15.1. The van der Waals surface area contributed by atoms with Crippen molar-refractivity contribution in [3.05, 3.63) is 64.6 Å². The van der Waals surface area contributed by atoms with E-state index in [1.165, 1.54) is 19.2 Å². The van der Waals surface area contributed by atoms with Crippen LogP contribution in [0.5, 0.6) is 5.75 Å². The minimum atomic E-state index is -4.56. The summed E-state index contributed by atoms with van der Waals surface area (Å²) >= 11 is 0.707. The Morgan fingerprint density at radius 3 is 2.33 bits per heavy atom. The lowest BCUT2D eigenvalue weighted by Crippen LogP contribution is -2.28. The van der Waals surface area contributed by atoms with Crippen LogP contribution in [0, 0.1) is 0 Å². The molecule has 0 radical (unpaired) electrons. The van der Waals surface area contributed by atoms with Crippen molar-refractivity contribution in [3.63, 3.8) is 0 Å². The van der Waals surface area contributed by atoms with Crippen LogP contribution in [0.1, 0.15) is 18.1 Å². The third kappa shape index (κ3) is 3.71. The second-order valence-electron chi connectivity index (χ2n) is 5.74. The molecule has 0 spiro atoms. The summed E-state index contributed by atoms with van der Waals surface area (Å²) in [5.74, 6) is 0.00117. The molecule has 8 heteroatoms. The number of imide groups is 1. The minimum absolute atomic E-state index is 0.107. The Bertz CT molecular complexity index is 936. The predicted octanol–water partition coefficient (Wildman–Crippen LogP) is 5.35. The van der Waals surface area contributed by atoms with Crippen LogP contribution in [0.3, 0.4) is 0 Å². The van der Waals surface area contributed by atoms with Gasteiger partial charge in [-0.1, -0.05) is 18.2 Å². The number of nitrogens with zero attached hydrogens (tertiary/aromatic N) is 1. The molecule has 1 heterocycles. The number of hydrogen-bond donors (Lipinski definition) is 0. The van der Waals surface area contributed by atoms with Gasteiger partial charge >= 0.3 is 6.18 Å². The van der Waals surface area contributed by atoms with E-state index in [-0.39, 0.29) is 10.6 Å². The SMILES string of the molecule is COc1ccc(/C(C)=C2\SC(=O)N(c3cccc(C(F)(F)F)c3)C2=O)cc1. The van der Waals surface area contributed by atoms with Crippen LogP contribution < -0.4 is 9.64 Å². The summed E-state index contributed by atoms with van der Waals surface area (Å²) in [6.07, 6.45) is -4.56. The molecule has 140 valence electrons. The smallest absolute Gasteiger partial charge is 0.416 e. The van der Waals surface area contributed by atoms with Gasteiger partial charge in [0, 0.05) is 0 Å². The number of methoxy groups -OCH3 is 1. The van der Waals surface area contributed by atoms with Crippen molar-refractivity contribution >= 4 is 34.2 Å². The molecule has 0 aliphatic carbocycles. The first-order valence-electron chi connectivity index (χ1n) is 7.81. The van der Waals surface area contributed by atoms with E-state index in [1.807, 2.05) is 0 Å². The number of alkyl halides is 3. The standard InChI is InChI=1S/C19H14F3NO3S/c1-11(12-6-8-15(26-2)9-7-12)16-17(24)23(18(25)27-16)14-5-3-4-13(10-14)19(20,21)22/h3-10H,1-2H3/b16-11-. The van der Waals surface area contributed by atoms with Gasteiger partial charge in [-0.3, -0.25) is 9.59 Å². The molecule has 1 aliphatic heterocycles. The van der Waals surface area contributed by atoms with E-state index in [2.05, 4.69) is 0 Å². The van der Waals surface area contributed by atoms with Gasteiger partial charge in [-0.25, -0.2) is 4.90 Å². The van der Waals surface area contributed by atoms with Gasteiger partial charge < -0.3 is 4.74 Å². The highest BCUT2D eigenvalue weighted by Gasteiger charge is 2.39. The molecule has 0 aromatic heterocycles. The second-order valence-corrected chi connectivity index (χ2v) is 6.70. The molecule has 2 amide bonds. The number of allylic oxidation sites excluding steroid dienone is 1. The number of carbonyl (C=O) groups excluding carboxylic acids is 2. The maximum Gasteiger partial charge on any atom is 0.416 e. The number of thioether (sulfide) groups is 1. The van der Waals surface area contributed by atoms with Gasteiger partial charge in [0.15, 0.2) is 0 Å². The maximum atomic E-state index is 12.9. The molecule has 4 nitrogen and oxygen atoms in total. The molecule has 1 saturated heterocycles. The summed E-state index contributed by atoms with van der Waals surface area (Å²) in [7, 11) is 1.53. The average molecular weight is 393 g/mol. The number of carbonyl (C=O) groups is 2. The average Bonchev–Trinajstić information content (AvgIpc) is 2.95. The zero-order chi connectivity index (χ0) is 19.8. The molecule has 27 heavy (non-hydrogen) atoms. The van der Waals surface area contributed by atoms with Gasteiger partial charge in [-0.2, -0.15) is 13.2 Å². The fraction of sp³-hybridized carbons (Fsp3) is 0.158. The number of ether oxygens (including phenoxy) is 1. The lowest BCUT2D eigenvalue weighted by Gasteiger charge is -2.15. The van der Waals surface area contributed by atoms with E-state index >= 15 is 0 Å². The summed E-state index contributed by atoms with van der Waals surface area (Å²) in [4.78, 5) is 26.0. The Morgan fingerprint density at radius 1 is 1.07 bits per heavy atom. The van der Waals surface area contributed by atoms with Gasteiger partial charge in [-0.05, 0) is 60.2 Å². The Hall–Kier alpha value is -2.74. The van der Waals surface area contributed by atoms with E-state index in [9.17, 15) is 22.8 Å². The summed E-state index contributed by atoms with van der Waals surface area (Å²) in [6.45, 7) is 1.69. The van der Waals surface area contributed by atoms with Crippen molar-refractivity contribution in [3.8, 4) is 5.75 Å². The second kappa shape index (κ2) is 7.11. The molecule has 3 rings (SSSR count). The van der Waals surface area contributed by atoms with E-state index in [1.54, 1.807) is 31.2 Å².